The predicted octanol–water partition coefficient (Wildman–Crippen LogP) is 3.15. The van der Waals surface area contributed by atoms with Crippen molar-refractivity contribution in [1.29, 1.82) is 0 Å². The number of carbonyl (C=O) groups excluding carboxylic acids is 1. The Morgan fingerprint density at radius 3 is 2.88 bits per heavy atom. The van der Waals surface area contributed by atoms with Gasteiger partial charge >= 0.3 is 0 Å². The summed E-state index contributed by atoms with van der Waals surface area (Å²) < 4.78 is 10.6. The number of aldehydes is 1. The number of hydrogen-bond donors (Lipinski definition) is 0. The molecular formula is C13H12O3S. The molecule has 3 nitrogen and oxygen atoms in total. The van der Waals surface area contributed by atoms with E-state index in [1.165, 1.54) is 0 Å². The minimum absolute atomic E-state index is 0.469. The van der Waals surface area contributed by atoms with Crippen molar-refractivity contribution in [3.8, 4) is 11.5 Å². The smallest absolute Gasteiger partial charge is 0.153 e. The van der Waals surface area contributed by atoms with Crippen LogP contribution in [0.25, 0.3) is 0 Å². The molecule has 0 spiro atoms. The molecule has 17 heavy (non-hydrogen) atoms. The molecule has 4 heteroatoms. The number of rotatable bonds is 5. The van der Waals surface area contributed by atoms with Gasteiger partial charge in [-0.3, -0.25) is 4.79 Å². The fourth-order valence-corrected chi connectivity index (χ4v) is 2.07. The van der Waals surface area contributed by atoms with E-state index in [0.29, 0.717) is 23.7 Å². The molecule has 0 fully saturated rings. The highest BCUT2D eigenvalue weighted by molar-refractivity contribution is 7.07. The quantitative estimate of drug-likeness (QED) is 0.762. The second-order valence-corrected chi connectivity index (χ2v) is 4.22. The molecule has 2 aromatic rings. The molecule has 0 N–H and O–H groups in total. The summed E-state index contributed by atoms with van der Waals surface area (Å²) in [4.78, 5) is 10.9. The van der Waals surface area contributed by atoms with Crippen LogP contribution in [0.2, 0.25) is 0 Å². The van der Waals surface area contributed by atoms with Crippen molar-refractivity contribution in [3.63, 3.8) is 0 Å². The summed E-state index contributed by atoms with van der Waals surface area (Å²) in [6, 6.07) is 7.18. The summed E-state index contributed by atoms with van der Waals surface area (Å²) >= 11 is 1.62. The van der Waals surface area contributed by atoms with Gasteiger partial charge in [0.1, 0.15) is 18.1 Å². The zero-order valence-electron chi connectivity index (χ0n) is 9.38. The Morgan fingerprint density at radius 2 is 2.24 bits per heavy atom. The van der Waals surface area contributed by atoms with E-state index in [2.05, 4.69) is 0 Å². The lowest BCUT2D eigenvalue weighted by molar-refractivity contribution is 0.111. The normalized spacial score (nSPS) is 9.94. The van der Waals surface area contributed by atoms with Gasteiger partial charge in [-0.25, -0.2) is 0 Å². The van der Waals surface area contributed by atoms with E-state index in [9.17, 15) is 4.79 Å². The van der Waals surface area contributed by atoms with Crippen molar-refractivity contribution in [3.05, 3.63) is 46.2 Å². The van der Waals surface area contributed by atoms with E-state index in [0.717, 1.165) is 11.8 Å². The maximum atomic E-state index is 10.9. The average Bonchev–Trinajstić information content (AvgIpc) is 2.89. The molecule has 1 aromatic carbocycles. The molecule has 0 unspecified atom stereocenters. The van der Waals surface area contributed by atoms with Crippen LogP contribution in [0.15, 0.2) is 35.0 Å². The van der Waals surface area contributed by atoms with E-state index in [-0.39, 0.29) is 0 Å². The van der Waals surface area contributed by atoms with E-state index in [1.807, 2.05) is 16.8 Å². The monoisotopic (exact) mass is 248 g/mol. The molecule has 0 radical (unpaired) electrons. The summed E-state index contributed by atoms with van der Waals surface area (Å²) in [5.74, 6) is 1.22. The summed E-state index contributed by atoms with van der Waals surface area (Å²) in [7, 11) is 1.57. The van der Waals surface area contributed by atoms with E-state index < -0.39 is 0 Å². The molecule has 0 aliphatic carbocycles. The molecule has 0 aliphatic rings. The summed E-state index contributed by atoms with van der Waals surface area (Å²) in [5.41, 5.74) is 1.60. The lowest BCUT2D eigenvalue weighted by atomic mass is 10.2. The lowest BCUT2D eigenvalue weighted by Crippen LogP contribution is -1.97. The number of ether oxygens (including phenoxy) is 2. The van der Waals surface area contributed by atoms with Crippen LogP contribution in [-0.2, 0) is 6.61 Å². The average molecular weight is 248 g/mol. The Bertz CT molecular complexity index is 491. The van der Waals surface area contributed by atoms with Crippen LogP contribution in [0.5, 0.6) is 11.5 Å². The first-order valence-corrected chi connectivity index (χ1v) is 6.05. The maximum absolute atomic E-state index is 10.9. The number of hydrogen-bond acceptors (Lipinski definition) is 4. The van der Waals surface area contributed by atoms with E-state index >= 15 is 0 Å². The van der Waals surface area contributed by atoms with Crippen LogP contribution in [0, 0.1) is 0 Å². The molecule has 88 valence electrons. The van der Waals surface area contributed by atoms with Gasteiger partial charge in [-0.2, -0.15) is 11.3 Å². The SMILES string of the molecule is COc1ccc(OCc2ccsc2)c(C=O)c1. The van der Waals surface area contributed by atoms with Crippen molar-refractivity contribution < 1.29 is 14.3 Å². The van der Waals surface area contributed by atoms with Gasteiger partial charge < -0.3 is 9.47 Å². The molecule has 0 atom stereocenters. The largest absolute Gasteiger partial charge is 0.497 e. The van der Waals surface area contributed by atoms with Crippen LogP contribution in [-0.4, -0.2) is 13.4 Å². The Kier molecular flexibility index (Phi) is 3.77. The Hall–Kier alpha value is -1.81. The van der Waals surface area contributed by atoms with Gasteiger partial charge in [-0.1, -0.05) is 0 Å². The predicted molar refractivity (Wildman–Crippen MR) is 67.0 cm³/mol. The highest BCUT2D eigenvalue weighted by Gasteiger charge is 2.05. The molecule has 0 saturated carbocycles. The number of methoxy groups -OCH3 is 1. The Labute approximate surface area is 104 Å². The van der Waals surface area contributed by atoms with Gasteiger partial charge in [-0.15, -0.1) is 0 Å². The first kappa shape index (κ1) is 11.7. The van der Waals surface area contributed by atoms with Crippen molar-refractivity contribution in [2.75, 3.05) is 7.11 Å². The second kappa shape index (κ2) is 5.50. The molecule has 0 amide bonds. The third-order valence-electron chi connectivity index (χ3n) is 2.32. The molecule has 0 bridgehead atoms. The minimum atomic E-state index is 0.469. The fourth-order valence-electron chi connectivity index (χ4n) is 1.41. The molecule has 0 aliphatic heterocycles. The molecule has 1 heterocycles. The third-order valence-corrected chi connectivity index (χ3v) is 3.05. The number of carbonyl (C=O) groups is 1. The number of thiophene rings is 1. The zero-order valence-corrected chi connectivity index (χ0v) is 10.2. The van der Waals surface area contributed by atoms with Crippen LogP contribution < -0.4 is 9.47 Å². The standard InChI is InChI=1S/C13H12O3S/c1-15-12-2-3-13(11(6-12)7-14)16-8-10-4-5-17-9-10/h2-7,9H,8H2,1H3. The molecule has 0 saturated heterocycles. The van der Waals surface area contributed by atoms with Gasteiger partial charge in [0.25, 0.3) is 0 Å². The van der Waals surface area contributed by atoms with Crippen molar-refractivity contribution >= 4 is 17.6 Å². The Morgan fingerprint density at radius 1 is 1.35 bits per heavy atom. The van der Waals surface area contributed by atoms with Crippen molar-refractivity contribution in [2.24, 2.45) is 0 Å². The minimum Gasteiger partial charge on any atom is -0.497 e. The zero-order chi connectivity index (χ0) is 12.1. The Balaban J connectivity index is 2.12. The van der Waals surface area contributed by atoms with Gasteiger partial charge in [0.2, 0.25) is 0 Å². The van der Waals surface area contributed by atoms with E-state index in [1.54, 1.807) is 36.6 Å². The van der Waals surface area contributed by atoms with Gasteiger partial charge in [-0.05, 0) is 40.6 Å². The van der Waals surface area contributed by atoms with Crippen LogP contribution >= 0.6 is 11.3 Å². The first-order chi connectivity index (χ1) is 8.33. The third kappa shape index (κ3) is 2.85. The van der Waals surface area contributed by atoms with Gasteiger partial charge in [0, 0.05) is 0 Å². The second-order valence-electron chi connectivity index (χ2n) is 3.44. The molecular weight excluding hydrogens is 236 g/mol. The lowest BCUT2D eigenvalue weighted by Gasteiger charge is -2.08. The van der Waals surface area contributed by atoms with E-state index in [4.69, 9.17) is 9.47 Å². The highest BCUT2D eigenvalue weighted by atomic mass is 32.1. The summed E-state index contributed by atoms with van der Waals surface area (Å²) in [5, 5.41) is 4.01. The maximum Gasteiger partial charge on any atom is 0.153 e. The first-order valence-electron chi connectivity index (χ1n) is 5.10. The van der Waals surface area contributed by atoms with Crippen LogP contribution in [0.1, 0.15) is 15.9 Å². The number of benzene rings is 1. The summed E-state index contributed by atoms with van der Waals surface area (Å²) in [6.07, 6.45) is 0.769. The fraction of sp³-hybridized carbons (Fsp3) is 0.154. The van der Waals surface area contributed by atoms with Crippen molar-refractivity contribution in [2.45, 2.75) is 6.61 Å². The van der Waals surface area contributed by atoms with Crippen molar-refractivity contribution in [1.82, 2.24) is 0 Å². The molecule has 1 aromatic heterocycles. The topological polar surface area (TPSA) is 35.5 Å². The van der Waals surface area contributed by atoms with Gasteiger partial charge in [0.05, 0.1) is 12.7 Å². The van der Waals surface area contributed by atoms with Gasteiger partial charge in [0.15, 0.2) is 6.29 Å². The molecule has 2 rings (SSSR count). The highest BCUT2D eigenvalue weighted by Crippen LogP contribution is 2.23. The summed E-state index contributed by atoms with van der Waals surface area (Å²) in [6.45, 7) is 0.469. The van der Waals surface area contributed by atoms with Crippen LogP contribution in [0.4, 0.5) is 0 Å². The van der Waals surface area contributed by atoms with Crippen LogP contribution in [0.3, 0.4) is 0 Å².